The van der Waals surface area contributed by atoms with Gasteiger partial charge in [-0.3, -0.25) is 0 Å². The molecule has 0 bridgehead atoms. The molecule has 1 aromatic heterocycles. The fraction of sp³-hybridized carbons (Fsp3) is 0.167. The maximum Gasteiger partial charge on any atom is 0.119 e. The van der Waals surface area contributed by atoms with Crippen LogP contribution < -0.4 is 4.74 Å². The topological polar surface area (TPSA) is 54.6 Å². The Balaban J connectivity index is 1.65. The maximum absolute atomic E-state index is 9.94. The SMILES string of the molecule is Cc1c(-c2ccc(O)cc2)n(CCCOc2ccccc2)c2ccc(O)cc12. The highest BCUT2D eigenvalue weighted by atomic mass is 16.5. The van der Waals surface area contributed by atoms with Crippen molar-refractivity contribution in [3.05, 3.63) is 78.4 Å². The van der Waals surface area contributed by atoms with E-state index >= 15 is 0 Å². The summed E-state index contributed by atoms with van der Waals surface area (Å²) in [7, 11) is 0. The minimum absolute atomic E-state index is 0.248. The third kappa shape index (κ3) is 3.54. The van der Waals surface area contributed by atoms with Crippen LogP contribution in [0.3, 0.4) is 0 Å². The number of para-hydroxylation sites is 1. The number of aromatic hydroxyl groups is 2. The van der Waals surface area contributed by atoms with Crippen molar-refractivity contribution >= 4 is 10.9 Å². The molecule has 0 aliphatic rings. The Kier molecular flexibility index (Phi) is 4.94. The zero-order valence-corrected chi connectivity index (χ0v) is 15.8. The fourth-order valence-electron chi connectivity index (χ4n) is 3.66. The van der Waals surface area contributed by atoms with Gasteiger partial charge in [-0.2, -0.15) is 0 Å². The van der Waals surface area contributed by atoms with Crippen LogP contribution >= 0.6 is 0 Å². The van der Waals surface area contributed by atoms with Gasteiger partial charge in [-0.25, -0.2) is 0 Å². The van der Waals surface area contributed by atoms with Crippen LogP contribution in [0.1, 0.15) is 12.0 Å². The van der Waals surface area contributed by atoms with Gasteiger partial charge in [0.15, 0.2) is 0 Å². The number of phenols is 2. The Bertz CT molecular complexity index is 1080. The molecule has 4 aromatic rings. The molecule has 1 heterocycles. The molecule has 0 saturated heterocycles. The largest absolute Gasteiger partial charge is 0.508 e. The summed E-state index contributed by atoms with van der Waals surface area (Å²) in [5.74, 6) is 1.38. The van der Waals surface area contributed by atoms with E-state index in [1.807, 2.05) is 54.6 Å². The Hall–Kier alpha value is -3.40. The van der Waals surface area contributed by atoms with Crippen LogP contribution in [0.2, 0.25) is 0 Å². The Morgan fingerprint density at radius 1 is 0.857 bits per heavy atom. The van der Waals surface area contributed by atoms with Crippen LogP contribution in [0.5, 0.6) is 17.2 Å². The lowest BCUT2D eigenvalue weighted by Gasteiger charge is -2.13. The number of aryl methyl sites for hydroxylation is 2. The first-order valence-electron chi connectivity index (χ1n) is 9.42. The minimum Gasteiger partial charge on any atom is -0.508 e. The Morgan fingerprint density at radius 2 is 1.57 bits per heavy atom. The number of aromatic nitrogens is 1. The van der Waals surface area contributed by atoms with Crippen molar-refractivity contribution < 1.29 is 14.9 Å². The monoisotopic (exact) mass is 373 g/mol. The molecular formula is C24H23NO3. The molecule has 0 amide bonds. The highest BCUT2D eigenvalue weighted by Crippen LogP contribution is 2.35. The molecule has 4 nitrogen and oxygen atoms in total. The van der Waals surface area contributed by atoms with Crippen molar-refractivity contribution in [2.24, 2.45) is 0 Å². The van der Waals surface area contributed by atoms with E-state index in [0.29, 0.717) is 6.61 Å². The number of hydrogen-bond acceptors (Lipinski definition) is 3. The van der Waals surface area contributed by atoms with Crippen molar-refractivity contribution in [2.45, 2.75) is 19.9 Å². The van der Waals surface area contributed by atoms with Crippen molar-refractivity contribution in [1.29, 1.82) is 0 Å². The third-order valence-electron chi connectivity index (χ3n) is 4.98. The molecule has 0 radical (unpaired) electrons. The number of fused-ring (bicyclic) bond motifs is 1. The predicted molar refractivity (Wildman–Crippen MR) is 112 cm³/mol. The third-order valence-corrected chi connectivity index (χ3v) is 4.98. The number of phenolic OH excluding ortho intramolecular Hbond substituents is 2. The molecule has 4 heteroatoms. The molecule has 0 fully saturated rings. The zero-order chi connectivity index (χ0) is 19.5. The quantitative estimate of drug-likeness (QED) is 0.439. The molecular weight excluding hydrogens is 350 g/mol. The second-order valence-electron chi connectivity index (χ2n) is 6.89. The Morgan fingerprint density at radius 3 is 2.32 bits per heavy atom. The van der Waals surface area contributed by atoms with Crippen molar-refractivity contribution in [3.63, 3.8) is 0 Å². The maximum atomic E-state index is 9.94. The van der Waals surface area contributed by atoms with E-state index in [9.17, 15) is 10.2 Å². The van der Waals surface area contributed by atoms with Gasteiger partial charge in [-0.1, -0.05) is 18.2 Å². The first kappa shape index (κ1) is 18.0. The lowest BCUT2D eigenvalue weighted by Crippen LogP contribution is -2.06. The number of rotatable bonds is 6. The van der Waals surface area contributed by atoms with E-state index in [2.05, 4.69) is 11.5 Å². The van der Waals surface area contributed by atoms with E-state index in [-0.39, 0.29) is 11.5 Å². The minimum atomic E-state index is 0.248. The molecule has 28 heavy (non-hydrogen) atoms. The first-order valence-corrected chi connectivity index (χ1v) is 9.42. The van der Waals surface area contributed by atoms with Gasteiger partial charge in [0.25, 0.3) is 0 Å². The Labute approximate surface area is 164 Å². The summed E-state index contributed by atoms with van der Waals surface area (Å²) < 4.78 is 8.11. The average Bonchev–Trinajstić information content (AvgIpc) is 2.98. The van der Waals surface area contributed by atoms with Crippen molar-refractivity contribution in [1.82, 2.24) is 4.57 Å². The highest BCUT2D eigenvalue weighted by molar-refractivity contribution is 5.92. The van der Waals surface area contributed by atoms with Gasteiger partial charge in [-0.15, -0.1) is 0 Å². The summed E-state index contributed by atoms with van der Waals surface area (Å²) in [6.07, 6.45) is 0.851. The van der Waals surface area contributed by atoms with E-state index < -0.39 is 0 Å². The second kappa shape index (κ2) is 7.69. The van der Waals surface area contributed by atoms with Crippen LogP contribution in [0.4, 0.5) is 0 Å². The average molecular weight is 373 g/mol. The lowest BCUT2D eigenvalue weighted by atomic mass is 10.1. The first-order chi connectivity index (χ1) is 13.6. The van der Waals surface area contributed by atoms with Crippen molar-refractivity contribution in [3.8, 4) is 28.5 Å². The molecule has 3 aromatic carbocycles. The molecule has 0 saturated carbocycles. The highest BCUT2D eigenvalue weighted by Gasteiger charge is 2.16. The molecule has 2 N–H and O–H groups in total. The zero-order valence-electron chi connectivity index (χ0n) is 15.8. The van der Waals surface area contributed by atoms with Gasteiger partial charge in [-0.05, 0) is 79.1 Å². The summed E-state index contributed by atoms with van der Waals surface area (Å²) in [5.41, 5.74) is 4.33. The molecule has 4 rings (SSSR count). The van der Waals surface area contributed by atoms with Gasteiger partial charge in [0.2, 0.25) is 0 Å². The lowest BCUT2D eigenvalue weighted by molar-refractivity contribution is 0.303. The van der Waals surface area contributed by atoms with Crippen LogP contribution in [0, 0.1) is 6.92 Å². The predicted octanol–water partition coefficient (Wildman–Crippen LogP) is 5.50. The second-order valence-corrected chi connectivity index (χ2v) is 6.89. The standard InChI is InChI=1S/C24H23NO3/c1-17-22-16-20(27)12-13-23(22)25(24(17)18-8-10-19(26)11-9-18)14-5-15-28-21-6-3-2-4-7-21/h2-4,6-13,16,26-27H,5,14-15H2,1H3. The number of benzene rings is 3. The fourth-order valence-corrected chi connectivity index (χ4v) is 3.66. The molecule has 0 atom stereocenters. The number of hydrogen-bond donors (Lipinski definition) is 2. The van der Waals surface area contributed by atoms with Gasteiger partial charge in [0.05, 0.1) is 12.3 Å². The number of ether oxygens (including phenoxy) is 1. The summed E-state index contributed by atoms with van der Waals surface area (Å²) in [6, 6.07) is 22.6. The summed E-state index contributed by atoms with van der Waals surface area (Å²) in [4.78, 5) is 0. The van der Waals surface area contributed by atoms with E-state index in [1.165, 1.54) is 0 Å². The summed E-state index contributed by atoms with van der Waals surface area (Å²) in [6.45, 7) is 3.48. The van der Waals surface area contributed by atoms with Crippen LogP contribution in [-0.2, 0) is 6.54 Å². The summed E-state index contributed by atoms with van der Waals surface area (Å²) >= 11 is 0. The smallest absolute Gasteiger partial charge is 0.119 e. The number of nitrogens with zero attached hydrogens (tertiary/aromatic N) is 1. The van der Waals surface area contributed by atoms with E-state index in [1.54, 1.807) is 18.2 Å². The molecule has 0 unspecified atom stereocenters. The van der Waals surface area contributed by atoms with Crippen LogP contribution in [0.25, 0.3) is 22.2 Å². The van der Waals surface area contributed by atoms with Gasteiger partial charge < -0.3 is 19.5 Å². The van der Waals surface area contributed by atoms with E-state index in [4.69, 9.17) is 4.74 Å². The van der Waals surface area contributed by atoms with Gasteiger partial charge in [0, 0.05) is 17.4 Å². The molecule has 142 valence electrons. The van der Waals surface area contributed by atoms with Gasteiger partial charge in [0.1, 0.15) is 17.2 Å². The van der Waals surface area contributed by atoms with Gasteiger partial charge >= 0.3 is 0 Å². The molecule has 0 aliphatic carbocycles. The van der Waals surface area contributed by atoms with E-state index in [0.717, 1.165) is 46.4 Å². The molecule has 0 aliphatic heterocycles. The summed E-state index contributed by atoms with van der Waals surface area (Å²) in [5, 5.41) is 20.6. The van der Waals surface area contributed by atoms with Crippen LogP contribution in [0.15, 0.2) is 72.8 Å². The molecule has 0 spiro atoms. The normalized spacial score (nSPS) is 11.0. The van der Waals surface area contributed by atoms with Crippen molar-refractivity contribution in [2.75, 3.05) is 6.61 Å². The van der Waals surface area contributed by atoms with Crippen LogP contribution in [-0.4, -0.2) is 21.4 Å².